The van der Waals surface area contributed by atoms with E-state index in [0.717, 1.165) is 11.1 Å². The topological polar surface area (TPSA) is 91.4 Å². The molecule has 1 atom stereocenters. The molecule has 0 saturated carbocycles. The minimum atomic E-state index is -3.64. The Hall–Kier alpha value is -3.23. The lowest BCUT2D eigenvalue weighted by Crippen LogP contribution is -2.31. The summed E-state index contributed by atoms with van der Waals surface area (Å²) in [5, 5.41) is 5.55. The number of anilines is 1. The molecule has 3 aromatic rings. The first-order valence-corrected chi connectivity index (χ1v) is 10.9. The first-order chi connectivity index (χ1) is 14.4. The van der Waals surface area contributed by atoms with Gasteiger partial charge in [-0.15, -0.1) is 0 Å². The Morgan fingerprint density at radius 1 is 1.00 bits per heavy atom. The van der Waals surface area contributed by atoms with Crippen LogP contribution < -0.4 is 10.6 Å². The number of amides is 2. The van der Waals surface area contributed by atoms with Crippen LogP contribution in [0.2, 0.25) is 0 Å². The van der Waals surface area contributed by atoms with Crippen LogP contribution in [-0.4, -0.2) is 30.8 Å². The fourth-order valence-corrected chi connectivity index (χ4v) is 4.07. The van der Waals surface area contributed by atoms with Gasteiger partial charge in [0.25, 0.3) is 0 Å². The van der Waals surface area contributed by atoms with Crippen LogP contribution in [-0.2, 0) is 16.6 Å². The molecule has 2 N–H and O–H groups in total. The number of aromatic nitrogens is 1. The van der Waals surface area contributed by atoms with Gasteiger partial charge in [-0.3, -0.25) is 4.98 Å². The Morgan fingerprint density at radius 2 is 1.63 bits per heavy atom. The van der Waals surface area contributed by atoms with Crippen molar-refractivity contribution in [2.45, 2.75) is 24.4 Å². The Bertz CT molecular complexity index is 1070. The van der Waals surface area contributed by atoms with Gasteiger partial charge in [0.15, 0.2) is 0 Å². The molecule has 7 nitrogen and oxygen atoms in total. The molecule has 0 aliphatic heterocycles. The van der Waals surface area contributed by atoms with Crippen molar-refractivity contribution in [3.05, 3.63) is 90.3 Å². The van der Waals surface area contributed by atoms with Gasteiger partial charge in [0, 0.05) is 31.7 Å². The predicted molar refractivity (Wildman–Crippen MR) is 116 cm³/mol. The standard InChI is InChI=1S/C22H24N4O3S/c1-17(19-12-14-23-15-13-19)24-22(27)25-20-8-10-21(11-9-20)30(28,29)26(2)16-18-6-4-3-5-7-18/h3-15,17H,16H2,1-2H3,(H2,24,25,27). The van der Waals surface area contributed by atoms with Gasteiger partial charge in [-0.05, 0) is 54.4 Å². The lowest BCUT2D eigenvalue weighted by atomic mass is 10.1. The number of hydrogen-bond acceptors (Lipinski definition) is 4. The second-order valence-corrected chi connectivity index (χ2v) is 8.92. The van der Waals surface area contributed by atoms with E-state index in [1.165, 1.54) is 16.4 Å². The molecule has 1 heterocycles. The van der Waals surface area contributed by atoms with E-state index in [0.29, 0.717) is 5.69 Å². The van der Waals surface area contributed by atoms with E-state index >= 15 is 0 Å². The molecule has 0 spiro atoms. The second-order valence-electron chi connectivity index (χ2n) is 6.87. The maximum absolute atomic E-state index is 12.8. The van der Waals surface area contributed by atoms with Crippen molar-refractivity contribution in [2.75, 3.05) is 12.4 Å². The summed E-state index contributed by atoms with van der Waals surface area (Å²) in [7, 11) is -2.09. The third kappa shape index (κ3) is 5.43. The maximum Gasteiger partial charge on any atom is 0.319 e. The van der Waals surface area contributed by atoms with Crippen molar-refractivity contribution < 1.29 is 13.2 Å². The summed E-state index contributed by atoms with van der Waals surface area (Å²) in [5.74, 6) is 0. The summed E-state index contributed by atoms with van der Waals surface area (Å²) in [5.41, 5.74) is 2.34. The van der Waals surface area contributed by atoms with Crippen LogP contribution in [0.5, 0.6) is 0 Å². The Balaban J connectivity index is 1.61. The minimum Gasteiger partial charge on any atom is -0.331 e. The smallest absolute Gasteiger partial charge is 0.319 e. The van der Waals surface area contributed by atoms with Gasteiger partial charge < -0.3 is 10.6 Å². The van der Waals surface area contributed by atoms with E-state index in [2.05, 4.69) is 15.6 Å². The summed E-state index contributed by atoms with van der Waals surface area (Å²) in [6.45, 7) is 2.14. The van der Waals surface area contributed by atoms with Crippen LogP contribution in [0.3, 0.4) is 0 Å². The van der Waals surface area contributed by atoms with Crippen molar-refractivity contribution in [1.82, 2.24) is 14.6 Å². The highest BCUT2D eigenvalue weighted by Gasteiger charge is 2.21. The molecule has 0 saturated heterocycles. The Kier molecular flexibility index (Phi) is 6.81. The molecule has 0 radical (unpaired) electrons. The summed E-state index contributed by atoms with van der Waals surface area (Å²) in [6.07, 6.45) is 3.33. The average molecular weight is 425 g/mol. The maximum atomic E-state index is 12.8. The van der Waals surface area contributed by atoms with Crippen molar-refractivity contribution in [1.29, 1.82) is 0 Å². The van der Waals surface area contributed by atoms with E-state index in [-0.39, 0.29) is 23.5 Å². The van der Waals surface area contributed by atoms with E-state index < -0.39 is 10.0 Å². The normalized spacial score (nSPS) is 12.4. The Morgan fingerprint density at radius 3 is 2.27 bits per heavy atom. The van der Waals surface area contributed by atoms with Gasteiger partial charge in [-0.2, -0.15) is 4.31 Å². The number of benzene rings is 2. The van der Waals surface area contributed by atoms with Crippen LogP contribution in [0.1, 0.15) is 24.1 Å². The summed E-state index contributed by atoms with van der Waals surface area (Å²) in [6, 6.07) is 18.6. The summed E-state index contributed by atoms with van der Waals surface area (Å²) in [4.78, 5) is 16.3. The number of pyridine rings is 1. The van der Waals surface area contributed by atoms with E-state index in [9.17, 15) is 13.2 Å². The zero-order valence-electron chi connectivity index (χ0n) is 16.8. The molecule has 156 valence electrons. The molecule has 2 aromatic carbocycles. The van der Waals surface area contributed by atoms with E-state index in [1.807, 2.05) is 49.4 Å². The number of carbonyl (C=O) groups is 1. The average Bonchev–Trinajstić information content (AvgIpc) is 2.75. The Labute approximate surface area is 176 Å². The molecular formula is C22H24N4O3S. The SMILES string of the molecule is CC(NC(=O)Nc1ccc(S(=O)(=O)N(C)Cc2ccccc2)cc1)c1ccncc1. The zero-order chi connectivity index (χ0) is 21.6. The number of urea groups is 1. The number of carbonyl (C=O) groups excluding carboxylic acids is 1. The minimum absolute atomic E-state index is 0.164. The van der Waals surface area contributed by atoms with Crippen LogP contribution in [0.25, 0.3) is 0 Å². The second kappa shape index (κ2) is 9.51. The van der Waals surface area contributed by atoms with E-state index in [4.69, 9.17) is 0 Å². The molecule has 30 heavy (non-hydrogen) atoms. The van der Waals surface area contributed by atoms with Gasteiger partial charge in [0.05, 0.1) is 10.9 Å². The fourth-order valence-electron chi connectivity index (χ4n) is 2.91. The zero-order valence-corrected chi connectivity index (χ0v) is 17.6. The molecule has 1 unspecified atom stereocenters. The molecule has 0 bridgehead atoms. The number of sulfonamides is 1. The molecule has 0 fully saturated rings. The monoisotopic (exact) mass is 424 g/mol. The first-order valence-electron chi connectivity index (χ1n) is 9.44. The molecule has 8 heteroatoms. The third-order valence-corrected chi connectivity index (χ3v) is 6.44. The lowest BCUT2D eigenvalue weighted by Gasteiger charge is -2.18. The van der Waals surface area contributed by atoms with Crippen molar-refractivity contribution >= 4 is 21.7 Å². The highest BCUT2D eigenvalue weighted by molar-refractivity contribution is 7.89. The van der Waals surface area contributed by atoms with Crippen LogP contribution >= 0.6 is 0 Å². The lowest BCUT2D eigenvalue weighted by molar-refractivity contribution is 0.249. The van der Waals surface area contributed by atoms with Crippen molar-refractivity contribution in [3.63, 3.8) is 0 Å². The number of rotatable bonds is 7. The van der Waals surface area contributed by atoms with Crippen LogP contribution in [0, 0.1) is 0 Å². The molecule has 3 rings (SSSR count). The fraction of sp³-hybridized carbons (Fsp3) is 0.182. The number of nitrogens with zero attached hydrogens (tertiary/aromatic N) is 2. The summed E-state index contributed by atoms with van der Waals surface area (Å²) < 4.78 is 26.9. The molecule has 0 aliphatic rings. The van der Waals surface area contributed by atoms with Gasteiger partial charge in [0.2, 0.25) is 10.0 Å². The van der Waals surface area contributed by atoms with Crippen LogP contribution in [0.15, 0.2) is 84.0 Å². The predicted octanol–water partition coefficient (Wildman–Crippen LogP) is 3.79. The first kappa shape index (κ1) is 21.5. The van der Waals surface area contributed by atoms with Crippen LogP contribution in [0.4, 0.5) is 10.5 Å². The van der Waals surface area contributed by atoms with Gasteiger partial charge >= 0.3 is 6.03 Å². The molecule has 1 aromatic heterocycles. The molecule has 2 amide bonds. The van der Waals surface area contributed by atoms with Crippen molar-refractivity contribution in [3.8, 4) is 0 Å². The quantitative estimate of drug-likeness (QED) is 0.604. The molecular weight excluding hydrogens is 400 g/mol. The van der Waals surface area contributed by atoms with Gasteiger partial charge in [-0.1, -0.05) is 30.3 Å². The number of nitrogens with one attached hydrogen (secondary N) is 2. The third-order valence-electron chi connectivity index (χ3n) is 4.62. The van der Waals surface area contributed by atoms with Crippen molar-refractivity contribution in [2.24, 2.45) is 0 Å². The summed E-state index contributed by atoms with van der Waals surface area (Å²) >= 11 is 0. The van der Waals surface area contributed by atoms with E-state index in [1.54, 1.807) is 31.6 Å². The highest BCUT2D eigenvalue weighted by atomic mass is 32.2. The highest BCUT2D eigenvalue weighted by Crippen LogP contribution is 2.19. The van der Waals surface area contributed by atoms with Gasteiger partial charge in [0.1, 0.15) is 0 Å². The number of hydrogen-bond donors (Lipinski definition) is 2. The van der Waals surface area contributed by atoms with Gasteiger partial charge in [-0.25, -0.2) is 13.2 Å². The molecule has 0 aliphatic carbocycles. The largest absolute Gasteiger partial charge is 0.331 e.